The van der Waals surface area contributed by atoms with E-state index in [9.17, 15) is 0 Å². The molecule has 0 radical (unpaired) electrons. The van der Waals surface area contributed by atoms with Gasteiger partial charge in [0.15, 0.2) is 5.13 Å². The van der Waals surface area contributed by atoms with Crippen molar-refractivity contribution in [3.63, 3.8) is 0 Å². The van der Waals surface area contributed by atoms with Crippen LogP contribution in [0.4, 0.5) is 5.13 Å². The average Bonchev–Trinajstić information content (AvgIpc) is 2.83. The number of aromatic nitrogens is 1. The number of anilines is 1. The van der Waals surface area contributed by atoms with Crippen LogP contribution in [-0.4, -0.2) is 37.1 Å². The molecule has 5 heteroatoms. The Hall–Kier alpha value is -0.260. The maximum Gasteiger partial charge on any atom is 0.185 e. The van der Waals surface area contributed by atoms with Gasteiger partial charge in [-0.2, -0.15) is 11.8 Å². The first-order valence-corrected chi connectivity index (χ1v) is 8.19. The van der Waals surface area contributed by atoms with Gasteiger partial charge in [0, 0.05) is 36.0 Å². The molecule has 0 aliphatic rings. The molecule has 2 unspecified atom stereocenters. The molecule has 1 N–H and O–H groups in total. The molecule has 3 nitrogen and oxygen atoms in total. The molecule has 0 bridgehead atoms. The van der Waals surface area contributed by atoms with Crippen molar-refractivity contribution >= 4 is 28.2 Å². The van der Waals surface area contributed by atoms with Crippen LogP contribution in [0.15, 0.2) is 6.20 Å². The van der Waals surface area contributed by atoms with Crippen molar-refractivity contribution in [3.8, 4) is 0 Å². The Labute approximate surface area is 113 Å². The Morgan fingerprint density at radius 2 is 2.29 bits per heavy atom. The minimum absolute atomic E-state index is 0.385. The van der Waals surface area contributed by atoms with E-state index >= 15 is 0 Å². The van der Waals surface area contributed by atoms with E-state index in [1.807, 2.05) is 25.0 Å². The molecule has 0 aliphatic heterocycles. The summed E-state index contributed by atoms with van der Waals surface area (Å²) in [6, 6.07) is 0.962. The molecule has 0 fully saturated rings. The van der Waals surface area contributed by atoms with Crippen molar-refractivity contribution in [3.05, 3.63) is 11.1 Å². The molecule has 17 heavy (non-hydrogen) atoms. The standard InChI is InChI=1S/C12H23N3S2/c1-6-10(8-16-5)15(4)12-14-7-11(17-12)9(2)13-3/h7,9-10,13H,6,8H2,1-5H3. The van der Waals surface area contributed by atoms with Crippen molar-refractivity contribution in [2.24, 2.45) is 0 Å². The Bertz CT molecular complexity index is 327. The van der Waals surface area contributed by atoms with Crippen molar-refractivity contribution in [2.75, 3.05) is 31.0 Å². The van der Waals surface area contributed by atoms with Gasteiger partial charge < -0.3 is 10.2 Å². The van der Waals surface area contributed by atoms with Crippen LogP contribution in [0.2, 0.25) is 0 Å². The number of hydrogen-bond donors (Lipinski definition) is 1. The fourth-order valence-corrected chi connectivity index (χ4v) is 3.49. The first kappa shape index (κ1) is 14.8. The van der Waals surface area contributed by atoms with Crippen LogP contribution in [0.5, 0.6) is 0 Å². The predicted molar refractivity (Wildman–Crippen MR) is 80.5 cm³/mol. The molecule has 2 atom stereocenters. The molecule has 0 aliphatic carbocycles. The summed E-state index contributed by atoms with van der Waals surface area (Å²) in [5.74, 6) is 1.16. The number of thiazole rings is 1. The van der Waals surface area contributed by atoms with Crippen LogP contribution in [0.25, 0.3) is 0 Å². The average molecular weight is 273 g/mol. The van der Waals surface area contributed by atoms with Crippen LogP contribution in [0.1, 0.15) is 31.2 Å². The molecular formula is C12H23N3S2. The molecule has 1 aromatic heterocycles. The second-order valence-electron chi connectivity index (χ2n) is 4.18. The third kappa shape index (κ3) is 3.86. The van der Waals surface area contributed by atoms with Gasteiger partial charge in [-0.1, -0.05) is 6.92 Å². The Morgan fingerprint density at radius 3 is 2.82 bits per heavy atom. The molecule has 1 heterocycles. The highest BCUT2D eigenvalue weighted by Crippen LogP contribution is 2.28. The Morgan fingerprint density at radius 1 is 1.59 bits per heavy atom. The van der Waals surface area contributed by atoms with Gasteiger partial charge in [0.2, 0.25) is 0 Å². The molecule has 0 saturated carbocycles. The van der Waals surface area contributed by atoms with Gasteiger partial charge >= 0.3 is 0 Å². The van der Waals surface area contributed by atoms with E-state index in [0.717, 1.165) is 17.3 Å². The largest absolute Gasteiger partial charge is 0.347 e. The van der Waals surface area contributed by atoms with E-state index in [2.05, 4.69) is 42.4 Å². The number of thioether (sulfide) groups is 1. The third-order valence-electron chi connectivity index (χ3n) is 3.05. The summed E-state index contributed by atoms with van der Waals surface area (Å²) in [7, 11) is 4.13. The van der Waals surface area contributed by atoms with Gasteiger partial charge in [0.05, 0.1) is 0 Å². The van der Waals surface area contributed by atoms with E-state index in [0.29, 0.717) is 12.1 Å². The van der Waals surface area contributed by atoms with E-state index < -0.39 is 0 Å². The van der Waals surface area contributed by atoms with Crippen molar-refractivity contribution in [1.82, 2.24) is 10.3 Å². The number of hydrogen-bond acceptors (Lipinski definition) is 5. The molecule has 0 amide bonds. The zero-order chi connectivity index (χ0) is 12.8. The number of nitrogens with one attached hydrogen (secondary N) is 1. The molecule has 0 spiro atoms. The maximum absolute atomic E-state index is 4.53. The number of nitrogens with zero attached hydrogens (tertiary/aromatic N) is 2. The van der Waals surface area contributed by atoms with E-state index in [-0.39, 0.29) is 0 Å². The third-order valence-corrected chi connectivity index (χ3v) is 5.04. The van der Waals surface area contributed by atoms with Crippen LogP contribution in [0.3, 0.4) is 0 Å². The molecule has 98 valence electrons. The van der Waals surface area contributed by atoms with Crippen molar-refractivity contribution in [2.45, 2.75) is 32.4 Å². The minimum atomic E-state index is 0.385. The van der Waals surface area contributed by atoms with Gasteiger partial charge in [-0.15, -0.1) is 11.3 Å². The lowest BCUT2D eigenvalue weighted by Crippen LogP contribution is -2.32. The fraction of sp³-hybridized carbons (Fsp3) is 0.750. The summed E-state index contributed by atoms with van der Waals surface area (Å²) in [5, 5.41) is 4.38. The molecule has 0 aromatic carbocycles. The maximum atomic E-state index is 4.53. The Kier molecular flexibility index (Phi) is 6.30. The van der Waals surface area contributed by atoms with E-state index in [1.54, 1.807) is 11.3 Å². The molecular weight excluding hydrogens is 250 g/mol. The van der Waals surface area contributed by atoms with Gasteiger partial charge in [-0.05, 0) is 26.6 Å². The summed E-state index contributed by atoms with van der Waals surface area (Å²) in [4.78, 5) is 8.14. The zero-order valence-electron chi connectivity index (χ0n) is 11.4. The van der Waals surface area contributed by atoms with E-state index in [1.165, 1.54) is 4.88 Å². The van der Waals surface area contributed by atoms with Crippen molar-refractivity contribution < 1.29 is 0 Å². The normalized spacial score (nSPS) is 14.6. The quantitative estimate of drug-likeness (QED) is 0.826. The Balaban J connectivity index is 2.74. The highest BCUT2D eigenvalue weighted by atomic mass is 32.2. The summed E-state index contributed by atoms with van der Waals surface area (Å²) >= 11 is 3.68. The second-order valence-corrected chi connectivity index (χ2v) is 6.14. The van der Waals surface area contributed by atoms with Gasteiger partial charge in [-0.3, -0.25) is 0 Å². The van der Waals surface area contributed by atoms with Crippen LogP contribution in [-0.2, 0) is 0 Å². The smallest absolute Gasteiger partial charge is 0.185 e. The summed E-state index contributed by atoms with van der Waals surface area (Å²) < 4.78 is 0. The SMILES string of the molecule is CCC(CSC)N(C)c1ncc(C(C)NC)s1. The summed E-state index contributed by atoms with van der Waals surface area (Å²) in [5.41, 5.74) is 0. The second kappa shape index (κ2) is 7.24. The highest BCUT2D eigenvalue weighted by molar-refractivity contribution is 7.98. The first-order valence-electron chi connectivity index (χ1n) is 5.98. The monoisotopic (exact) mass is 273 g/mol. The molecule has 1 rings (SSSR count). The highest BCUT2D eigenvalue weighted by Gasteiger charge is 2.17. The lowest BCUT2D eigenvalue weighted by atomic mass is 10.2. The zero-order valence-corrected chi connectivity index (χ0v) is 13.0. The first-order chi connectivity index (χ1) is 8.13. The summed E-state index contributed by atoms with van der Waals surface area (Å²) in [6.07, 6.45) is 5.31. The van der Waals surface area contributed by atoms with Crippen LogP contribution >= 0.6 is 23.1 Å². The van der Waals surface area contributed by atoms with Crippen LogP contribution < -0.4 is 10.2 Å². The predicted octanol–water partition coefficient (Wildman–Crippen LogP) is 3.00. The minimum Gasteiger partial charge on any atom is -0.347 e. The summed E-state index contributed by atoms with van der Waals surface area (Å²) in [6.45, 7) is 4.40. The molecule has 0 saturated heterocycles. The van der Waals surface area contributed by atoms with Crippen molar-refractivity contribution in [1.29, 1.82) is 0 Å². The lowest BCUT2D eigenvalue weighted by Gasteiger charge is -2.26. The topological polar surface area (TPSA) is 28.2 Å². The van der Waals surface area contributed by atoms with Gasteiger partial charge in [0.1, 0.15) is 0 Å². The fourth-order valence-electron chi connectivity index (χ4n) is 1.63. The van der Waals surface area contributed by atoms with Gasteiger partial charge in [-0.25, -0.2) is 4.98 Å². The lowest BCUT2D eigenvalue weighted by molar-refractivity contribution is 0.662. The van der Waals surface area contributed by atoms with E-state index in [4.69, 9.17) is 0 Å². The van der Waals surface area contributed by atoms with Crippen LogP contribution in [0, 0.1) is 0 Å². The number of rotatable bonds is 7. The van der Waals surface area contributed by atoms with Gasteiger partial charge in [0.25, 0.3) is 0 Å². The molecule has 1 aromatic rings.